The molecule has 1 fully saturated rings. The molecule has 2 rings (SSSR count). The van der Waals surface area contributed by atoms with Crippen molar-refractivity contribution in [1.29, 1.82) is 0 Å². The van der Waals surface area contributed by atoms with E-state index < -0.39 is 6.09 Å². The molecule has 0 radical (unpaired) electrons. The number of thioether (sulfide) groups is 1. The molecular weight excluding hydrogens is 222 g/mol. The molecule has 1 saturated heterocycles. The minimum absolute atomic E-state index is 0.138. The summed E-state index contributed by atoms with van der Waals surface area (Å²) in [6, 6.07) is 10.3. The zero-order chi connectivity index (χ0) is 11.5. The smallest absolute Gasteiger partial charge is 0.407 e. The van der Waals surface area contributed by atoms with Gasteiger partial charge in [-0.25, -0.2) is 4.79 Å². The van der Waals surface area contributed by atoms with Gasteiger partial charge in [-0.3, -0.25) is 0 Å². The number of likely N-dealkylation sites (tertiary alicyclic amines) is 1. The van der Waals surface area contributed by atoms with Crippen LogP contribution in [0.4, 0.5) is 4.79 Å². The molecule has 16 heavy (non-hydrogen) atoms. The molecule has 3 nitrogen and oxygen atoms in total. The molecule has 1 aliphatic heterocycles. The Bertz CT molecular complexity index is 369. The van der Waals surface area contributed by atoms with Gasteiger partial charge in [-0.1, -0.05) is 18.2 Å². The molecule has 1 heterocycles. The average Bonchev–Trinajstić information content (AvgIpc) is 2.61. The third-order valence-corrected chi connectivity index (χ3v) is 4.05. The highest BCUT2D eigenvalue weighted by Crippen LogP contribution is 2.32. The van der Waals surface area contributed by atoms with Gasteiger partial charge in [0, 0.05) is 22.7 Å². The number of carbonyl (C=O) groups is 1. The molecular formula is C12H15NO2S. The lowest BCUT2D eigenvalue weighted by Crippen LogP contribution is -2.32. The largest absolute Gasteiger partial charge is 0.465 e. The number of carboxylic acid groups (broad SMARTS) is 1. The van der Waals surface area contributed by atoms with Crippen LogP contribution >= 0.6 is 11.8 Å². The summed E-state index contributed by atoms with van der Waals surface area (Å²) >= 11 is 1.77. The quantitative estimate of drug-likeness (QED) is 0.859. The van der Waals surface area contributed by atoms with Crippen LogP contribution < -0.4 is 0 Å². The van der Waals surface area contributed by atoms with Crippen molar-refractivity contribution in [3.63, 3.8) is 0 Å². The summed E-state index contributed by atoms with van der Waals surface area (Å²) in [5.41, 5.74) is 0. The first-order valence-corrected chi connectivity index (χ1v) is 6.26. The normalized spacial score (nSPS) is 24.7. The lowest BCUT2D eigenvalue weighted by Gasteiger charge is -2.16. The fourth-order valence-electron chi connectivity index (χ4n) is 2.03. The van der Waals surface area contributed by atoms with Crippen LogP contribution in [0.1, 0.15) is 13.3 Å². The fraction of sp³-hybridized carbons (Fsp3) is 0.417. The highest BCUT2D eigenvalue weighted by Gasteiger charge is 2.32. The van der Waals surface area contributed by atoms with E-state index in [1.54, 1.807) is 11.8 Å². The molecule has 1 amide bonds. The lowest BCUT2D eigenvalue weighted by atomic mass is 10.2. The lowest BCUT2D eigenvalue weighted by molar-refractivity contribution is 0.143. The van der Waals surface area contributed by atoms with Crippen molar-refractivity contribution in [2.75, 3.05) is 6.54 Å². The highest BCUT2D eigenvalue weighted by atomic mass is 32.2. The van der Waals surface area contributed by atoms with Crippen LogP contribution in [-0.2, 0) is 0 Å². The topological polar surface area (TPSA) is 40.5 Å². The Balaban J connectivity index is 1.96. The van der Waals surface area contributed by atoms with E-state index in [1.165, 1.54) is 9.80 Å². The third kappa shape index (κ3) is 2.50. The molecule has 1 aliphatic rings. The number of amides is 1. The van der Waals surface area contributed by atoms with E-state index in [2.05, 4.69) is 12.1 Å². The van der Waals surface area contributed by atoms with Crippen LogP contribution in [0.2, 0.25) is 0 Å². The van der Waals surface area contributed by atoms with Gasteiger partial charge in [0.15, 0.2) is 0 Å². The molecule has 1 aromatic carbocycles. The first kappa shape index (κ1) is 11.3. The Morgan fingerprint density at radius 2 is 2.12 bits per heavy atom. The van der Waals surface area contributed by atoms with Crippen molar-refractivity contribution >= 4 is 17.9 Å². The van der Waals surface area contributed by atoms with Crippen LogP contribution in [0.25, 0.3) is 0 Å². The summed E-state index contributed by atoms with van der Waals surface area (Å²) in [6.45, 7) is 2.61. The standard InChI is InChI=1S/C12H15NO2S/c1-9-7-11(8-13(9)12(14)15)16-10-5-3-2-4-6-10/h2-6,9,11H,7-8H2,1H3,(H,14,15)/t9-,11+/m1/s1. The van der Waals surface area contributed by atoms with E-state index in [-0.39, 0.29) is 6.04 Å². The molecule has 0 saturated carbocycles. The van der Waals surface area contributed by atoms with Gasteiger partial charge in [0.25, 0.3) is 0 Å². The van der Waals surface area contributed by atoms with Crippen LogP contribution in [0.3, 0.4) is 0 Å². The number of rotatable bonds is 2. The van der Waals surface area contributed by atoms with Gasteiger partial charge < -0.3 is 10.0 Å². The minimum atomic E-state index is -0.802. The summed E-state index contributed by atoms with van der Waals surface area (Å²) in [6.07, 6.45) is 0.134. The van der Waals surface area contributed by atoms with Crippen molar-refractivity contribution < 1.29 is 9.90 Å². The molecule has 4 heteroatoms. The molecule has 0 unspecified atom stereocenters. The zero-order valence-corrected chi connectivity index (χ0v) is 9.98. The maximum Gasteiger partial charge on any atom is 0.407 e. The molecule has 0 aromatic heterocycles. The Morgan fingerprint density at radius 1 is 1.44 bits per heavy atom. The second-order valence-corrected chi connectivity index (χ2v) is 5.45. The Morgan fingerprint density at radius 3 is 2.69 bits per heavy atom. The van der Waals surface area contributed by atoms with Gasteiger partial charge in [0.2, 0.25) is 0 Å². The number of benzene rings is 1. The predicted molar refractivity (Wildman–Crippen MR) is 64.9 cm³/mol. The first-order chi connectivity index (χ1) is 7.66. The van der Waals surface area contributed by atoms with Crippen molar-refractivity contribution in [3.05, 3.63) is 30.3 Å². The molecule has 0 aliphatic carbocycles. The molecule has 86 valence electrons. The van der Waals surface area contributed by atoms with Gasteiger partial charge in [0.05, 0.1) is 0 Å². The number of hydrogen-bond donors (Lipinski definition) is 1. The Kier molecular flexibility index (Phi) is 3.39. The summed E-state index contributed by atoms with van der Waals surface area (Å²) in [4.78, 5) is 13.7. The van der Waals surface area contributed by atoms with Gasteiger partial charge in [-0.15, -0.1) is 11.8 Å². The summed E-state index contributed by atoms with van der Waals surface area (Å²) < 4.78 is 0. The summed E-state index contributed by atoms with van der Waals surface area (Å²) in [5, 5.41) is 9.37. The van der Waals surface area contributed by atoms with Crippen LogP contribution in [0.5, 0.6) is 0 Å². The summed E-state index contributed by atoms with van der Waals surface area (Å²) in [7, 11) is 0. The van der Waals surface area contributed by atoms with Gasteiger partial charge in [-0.05, 0) is 25.5 Å². The Hall–Kier alpha value is -1.16. The first-order valence-electron chi connectivity index (χ1n) is 5.38. The van der Waals surface area contributed by atoms with Crippen LogP contribution in [0.15, 0.2) is 35.2 Å². The number of hydrogen-bond acceptors (Lipinski definition) is 2. The van der Waals surface area contributed by atoms with Crippen molar-refractivity contribution in [2.24, 2.45) is 0 Å². The fourth-order valence-corrected chi connectivity index (χ4v) is 3.33. The van der Waals surface area contributed by atoms with E-state index in [0.29, 0.717) is 11.8 Å². The van der Waals surface area contributed by atoms with Crippen molar-refractivity contribution in [1.82, 2.24) is 4.90 Å². The second kappa shape index (κ2) is 4.78. The van der Waals surface area contributed by atoms with E-state index in [4.69, 9.17) is 5.11 Å². The summed E-state index contributed by atoms with van der Waals surface area (Å²) in [5.74, 6) is 0. The SMILES string of the molecule is C[C@@H]1C[C@H](Sc2ccccc2)CN1C(=O)O. The van der Waals surface area contributed by atoms with E-state index in [9.17, 15) is 4.79 Å². The third-order valence-electron chi connectivity index (χ3n) is 2.83. The second-order valence-electron chi connectivity index (χ2n) is 4.07. The Labute approximate surface area is 99.5 Å². The number of nitrogens with zero attached hydrogens (tertiary/aromatic N) is 1. The van der Waals surface area contributed by atoms with Gasteiger partial charge >= 0.3 is 6.09 Å². The van der Waals surface area contributed by atoms with Crippen molar-refractivity contribution in [3.8, 4) is 0 Å². The maximum atomic E-state index is 10.9. The zero-order valence-electron chi connectivity index (χ0n) is 9.17. The molecule has 1 N–H and O–H groups in total. The maximum absolute atomic E-state index is 10.9. The monoisotopic (exact) mass is 237 g/mol. The van der Waals surface area contributed by atoms with E-state index in [0.717, 1.165) is 6.42 Å². The van der Waals surface area contributed by atoms with Gasteiger partial charge in [-0.2, -0.15) is 0 Å². The average molecular weight is 237 g/mol. The van der Waals surface area contributed by atoms with Crippen molar-refractivity contribution in [2.45, 2.75) is 29.5 Å². The van der Waals surface area contributed by atoms with Gasteiger partial charge in [0.1, 0.15) is 0 Å². The highest BCUT2D eigenvalue weighted by molar-refractivity contribution is 8.00. The molecule has 1 aromatic rings. The molecule has 0 spiro atoms. The van der Waals surface area contributed by atoms with E-state index >= 15 is 0 Å². The van der Waals surface area contributed by atoms with Crippen LogP contribution in [0, 0.1) is 0 Å². The minimum Gasteiger partial charge on any atom is -0.465 e. The van der Waals surface area contributed by atoms with Crippen LogP contribution in [-0.4, -0.2) is 33.9 Å². The van der Waals surface area contributed by atoms with E-state index in [1.807, 2.05) is 25.1 Å². The molecule has 0 bridgehead atoms. The predicted octanol–water partition coefficient (Wildman–Crippen LogP) is 2.92. The molecule has 2 atom stereocenters.